The van der Waals surface area contributed by atoms with E-state index in [1.807, 2.05) is 152 Å². The third-order valence-corrected chi connectivity index (χ3v) is 17.5. The molecule has 0 aliphatic carbocycles. The fraction of sp³-hybridized carbons (Fsp3) is 0.240. The van der Waals surface area contributed by atoms with Gasteiger partial charge in [0.15, 0.2) is 34.9 Å². The molecule has 0 unspecified atom stereocenters. The zero-order valence-electron chi connectivity index (χ0n) is 52.4. The molecule has 14 nitrogen and oxygen atoms in total. The maximum Gasteiger partial charge on any atom is 0.375 e. The molecule has 8 aromatic carbocycles. The van der Waals surface area contributed by atoms with E-state index in [2.05, 4.69) is 37.7 Å². The van der Waals surface area contributed by atoms with E-state index in [9.17, 15) is 40.7 Å². The number of hydrogen-bond acceptors (Lipinski definition) is 10. The zero-order valence-corrected chi connectivity index (χ0v) is 52.4. The van der Waals surface area contributed by atoms with Crippen molar-refractivity contribution < 1.29 is 45.5 Å². The molecule has 2 aromatic heterocycles. The molecule has 20 heteroatoms. The third kappa shape index (κ3) is 16.9. The van der Waals surface area contributed by atoms with E-state index in [0.717, 1.165) is 76.9 Å². The fourth-order valence-corrected chi connectivity index (χ4v) is 12.7. The van der Waals surface area contributed by atoms with Crippen LogP contribution in [0.1, 0.15) is 62.3 Å². The van der Waals surface area contributed by atoms with E-state index in [0.29, 0.717) is 61.9 Å². The van der Waals surface area contributed by atoms with Crippen LogP contribution in [0.25, 0.3) is 16.9 Å². The molecule has 0 saturated carbocycles. The lowest BCUT2D eigenvalue weighted by Gasteiger charge is -2.21. The highest BCUT2D eigenvalue weighted by Crippen LogP contribution is 2.37. The number of halogens is 6. The Morgan fingerprint density at radius 3 is 1.46 bits per heavy atom. The first-order chi connectivity index (χ1) is 46.0. The molecule has 488 valence electrons. The largest absolute Gasteiger partial charge is 0.455 e. The first kappa shape index (κ1) is 66.5. The van der Waals surface area contributed by atoms with E-state index < -0.39 is 64.5 Å². The van der Waals surface area contributed by atoms with Crippen LogP contribution in [-0.4, -0.2) is 103 Å². The molecule has 10 aromatic rings. The second-order valence-corrected chi connectivity index (χ2v) is 24.3. The Morgan fingerprint density at radius 2 is 0.968 bits per heavy atom. The number of hydrogen-bond donors (Lipinski definition) is 3. The molecule has 0 bridgehead atoms. The predicted molar refractivity (Wildman–Crippen MR) is 352 cm³/mol. The summed E-state index contributed by atoms with van der Waals surface area (Å²) in [7, 11) is 1.84. The van der Waals surface area contributed by atoms with Crippen molar-refractivity contribution in [3.8, 4) is 16.9 Å². The van der Waals surface area contributed by atoms with Gasteiger partial charge in [-0.2, -0.15) is 10.2 Å². The monoisotopic (exact) mass is 1290 g/mol. The second kappa shape index (κ2) is 30.8. The lowest BCUT2D eigenvalue weighted by atomic mass is 9.86. The number of amides is 2. The number of urea groups is 1. The molecular weight excluding hydrogens is 1220 g/mol. The maximum absolute atomic E-state index is 14.2. The van der Waals surface area contributed by atoms with E-state index in [4.69, 9.17) is 15.6 Å². The summed E-state index contributed by atoms with van der Waals surface area (Å²) in [5.41, 5.74) is 15.4. The Bertz CT molecular complexity index is 4230. The highest BCUT2D eigenvalue weighted by molar-refractivity contribution is 6.34. The van der Waals surface area contributed by atoms with E-state index >= 15 is 0 Å². The van der Waals surface area contributed by atoms with Gasteiger partial charge in [0.05, 0.1) is 23.8 Å². The van der Waals surface area contributed by atoms with Gasteiger partial charge < -0.3 is 15.8 Å². The van der Waals surface area contributed by atoms with E-state index in [1.165, 1.54) is 29.8 Å². The van der Waals surface area contributed by atoms with Crippen molar-refractivity contribution in [3.63, 3.8) is 0 Å². The van der Waals surface area contributed by atoms with Gasteiger partial charge in [-0.25, -0.2) is 40.6 Å². The average molecular weight is 1290 g/mol. The van der Waals surface area contributed by atoms with Crippen molar-refractivity contribution in [1.82, 2.24) is 39.6 Å². The van der Waals surface area contributed by atoms with Crippen molar-refractivity contribution in [3.05, 3.63) is 298 Å². The number of carbonyl (C=O) groups excluding carboxylic acids is 3. The standard InChI is InChI=1S/C32H31F2N7O.C26H23F2NO3.C17H18F2N2/c1-21-30(24-16-35-39(2)18-24)38-41(25-11-7-4-8-12-25)31(21)37-32(42)36-29-20-40(17-22-9-5-3-6-10-22)19-26(29)23-13-14-27(33)28(34)15-23;27-23-12-11-20(13-24(23)28)21-15-29(14-18-7-3-1-4-8-18)16-22(21)25(30)26(31)32-17-19-9-5-2-6-10-19;18-15-7-6-13(8-16(15)19)14-10-21(11-17(14)20)9-12-4-2-1-3-5-12/h3-16,18,26,29H,17,19-20H2,1-2H3,(H2,36,37,42);1-13,21-22H,14-17H2;1-8,14,17H,9-11,20H2/t26-,29+;21-,22+;14-,17+/m000/s1. The SMILES string of the molecule is Cc1c(-c2cnn(C)c2)nn(-c2ccccc2)c1NC(=O)N[C@@H]1CN(Cc2ccccc2)C[C@H]1c1ccc(F)c(F)c1.N[C@@H]1CN(Cc2ccccc2)C[C@H]1c1ccc(F)c(F)c1.O=C(OCc1ccccc1)C(=O)[C@@H]1CN(Cc2ccccc2)C[C@H]1c1ccc(F)c(F)c1. The summed E-state index contributed by atoms with van der Waals surface area (Å²) in [5, 5.41) is 15.2. The molecule has 4 N–H and O–H groups in total. The quantitative estimate of drug-likeness (QED) is 0.0456. The van der Waals surface area contributed by atoms with Gasteiger partial charge in [0.2, 0.25) is 5.78 Å². The highest BCUT2D eigenvalue weighted by atomic mass is 19.2. The summed E-state index contributed by atoms with van der Waals surface area (Å²) >= 11 is 0. The molecule has 5 heterocycles. The number of anilines is 1. The second-order valence-electron chi connectivity index (χ2n) is 24.3. The van der Waals surface area contributed by atoms with Crippen molar-refractivity contribution >= 4 is 23.6 Å². The number of nitrogens with two attached hydrogens (primary N) is 1. The smallest absolute Gasteiger partial charge is 0.375 e. The summed E-state index contributed by atoms with van der Waals surface area (Å²) in [6.45, 7) is 7.43. The molecule has 95 heavy (non-hydrogen) atoms. The van der Waals surface area contributed by atoms with Crippen LogP contribution in [0, 0.1) is 47.7 Å². The molecule has 0 radical (unpaired) electrons. The van der Waals surface area contributed by atoms with Crippen molar-refractivity contribution in [2.45, 2.75) is 63.0 Å². The van der Waals surface area contributed by atoms with Crippen LogP contribution in [0.3, 0.4) is 0 Å². The Morgan fingerprint density at radius 1 is 0.526 bits per heavy atom. The van der Waals surface area contributed by atoms with E-state index in [-0.39, 0.29) is 30.5 Å². The number of nitrogens with zero attached hydrogens (tertiary/aromatic N) is 7. The van der Waals surface area contributed by atoms with Gasteiger partial charge >= 0.3 is 12.0 Å². The Kier molecular flexibility index (Phi) is 21.6. The molecule has 3 aliphatic heterocycles. The number of nitrogens with one attached hydrogen (secondary N) is 2. The van der Waals surface area contributed by atoms with Gasteiger partial charge in [-0.1, -0.05) is 158 Å². The first-order valence-electron chi connectivity index (χ1n) is 31.4. The van der Waals surface area contributed by atoms with Crippen molar-refractivity contribution in [2.24, 2.45) is 18.7 Å². The molecular formula is C75H72F6N10O4. The normalized spacial score (nSPS) is 18.7. The number of para-hydroxylation sites is 1. The van der Waals surface area contributed by atoms with Crippen LogP contribution < -0.4 is 16.4 Å². The van der Waals surface area contributed by atoms with E-state index in [1.54, 1.807) is 39.8 Å². The van der Waals surface area contributed by atoms with Gasteiger partial charge in [0.25, 0.3) is 0 Å². The topological polar surface area (TPSA) is 156 Å². The lowest BCUT2D eigenvalue weighted by Crippen LogP contribution is -2.42. The maximum atomic E-state index is 14.2. The summed E-state index contributed by atoms with van der Waals surface area (Å²) in [5.74, 6) is -7.69. The van der Waals surface area contributed by atoms with Crippen LogP contribution in [0.4, 0.5) is 37.0 Å². The highest BCUT2D eigenvalue weighted by Gasteiger charge is 2.42. The Hall–Kier alpha value is -9.99. The van der Waals surface area contributed by atoms with Gasteiger partial charge in [-0.3, -0.25) is 29.5 Å². The molecule has 3 saturated heterocycles. The number of ether oxygens (including phenoxy) is 1. The van der Waals surface area contributed by atoms with Gasteiger partial charge in [-0.05, 0) is 94.4 Å². The molecule has 2 amide bonds. The summed E-state index contributed by atoms with van der Waals surface area (Å²) in [4.78, 5) is 45.7. The minimum Gasteiger partial charge on any atom is -0.455 e. The predicted octanol–water partition coefficient (Wildman–Crippen LogP) is 13.0. The number of likely N-dealkylation sites (tertiary alicyclic amines) is 3. The number of rotatable bonds is 17. The summed E-state index contributed by atoms with van der Waals surface area (Å²) in [6.07, 6.45) is 3.61. The fourth-order valence-electron chi connectivity index (χ4n) is 12.7. The van der Waals surface area contributed by atoms with Crippen LogP contribution in [-0.2, 0) is 47.6 Å². The number of aromatic nitrogens is 4. The first-order valence-corrected chi connectivity index (χ1v) is 31.4. The van der Waals surface area contributed by atoms with Crippen LogP contribution in [0.2, 0.25) is 0 Å². The lowest BCUT2D eigenvalue weighted by molar-refractivity contribution is -0.156. The Labute approximate surface area is 547 Å². The molecule has 3 aliphatic rings. The third-order valence-electron chi connectivity index (χ3n) is 17.5. The van der Waals surface area contributed by atoms with Gasteiger partial charge in [0, 0.05) is 107 Å². The number of carbonyl (C=O) groups is 3. The number of Topliss-reactive ketones (excluding diaryl/α,β-unsaturated/α-hetero) is 1. The summed E-state index contributed by atoms with van der Waals surface area (Å²) in [6, 6.07) is 59.5. The number of benzene rings is 8. The van der Waals surface area contributed by atoms with Crippen LogP contribution in [0.5, 0.6) is 0 Å². The minimum atomic E-state index is -0.970. The molecule has 3 fully saturated rings. The minimum absolute atomic E-state index is 0.00169. The zero-order chi connectivity index (χ0) is 66.5. The average Bonchev–Trinajstić information content (AvgIpc) is 1.76. The van der Waals surface area contributed by atoms with Crippen molar-refractivity contribution in [2.75, 3.05) is 44.6 Å². The van der Waals surface area contributed by atoms with Crippen molar-refractivity contribution in [1.29, 1.82) is 0 Å². The number of esters is 1. The van der Waals surface area contributed by atoms with Gasteiger partial charge in [-0.15, -0.1) is 0 Å². The molecule has 13 rings (SSSR count). The number of aryl methyl sites for hydroxylation is 1. The number of ketones is 1. The van der Waals surface area contributed by atoms with Crippen LogP contribution in [0.15, 0.2) is 219 Å². The molecule has 0 spiro atoms. The van der Waals surface area contributed by atoms with Crippen LogP contribution >= 0.6 is 0 Å². The van der Waals surface area contributed by atoms with Gasteiger partial charge in [0.1, 0.15) is 18.1 Å². The summed E-state index contributed by atoms with van der Waals surface area (Å²) < 4.78 is 90.4. The Balaban J connectivity index is 0.000000153. The molecule has 6 atom stereocenters.